The van der Waals surface area contributed by atoms with Gasteiger partial charge < -0.3 is 10.2 Å². The lowest BCUT2D eigenvalue weighted by Gasteiger charge is -2.32. The van der Waals surface area contributed by atoms with Crippen molar-refractivity contribution in [2.24, 2.45) is 5.92 Å². The molecule has 0 radical (unpaired) electrons. The van der Waals surface area contributed by atoms with Crippen LogP contribution in [-0.4, -0.2) is 41.3 Å². The first-order valence-corrected chi connectivity index (χ1v) is 9.09. The van der Waals surface area contributed by atoms with Crippen molar-refractivity contribution < 1.29 is 9.59 Å². The van der Waals surface area contributed by atoms with Crippen molar-refractivity contribution in [3.05, 3.63) is 65.0 Å². The van der Waals surface area contributed by atoms with Gasteiger partial charge in [-0.2, -0.15) is 0 Å². The highest BCUT2D eigenvalue weighted by atomic mass is 16.2. The van der Waals surface area contributed by atoms with Crippen LogP contribution in [0.3, 0.4) is 0 Å². The Morgan fingerprint density at radius 1 is 1.12 bits per heavy atom. The topological polar surface area (TPSA) is 62.3 Å². The molecule has 0 bridgehead atoms. The van der Waals surface area contributed by atoms with Gasteiger partial charge >= 0.3 is 0 Å². The van der Waals surface area contributed by atoms with Gasteiger partial charge in [0.05, 0.1) is 0 Å². The molecule has 2 amide bonds. The lowest BCUT2D eigenvalue weighted by Crippen LogP contribution is -2.41. The van der Waals surface area contributed by atoms with Crippen molar-refractivity contribution in [2.75, 3.05) is 19.6 Å². The molecule has 0 unspecified atom stereocenters. The van der Waals surface area contributed by atoms with Gasteiger partial charge in [-0.05, 0) is 56.4 Å². The van der Waals surface area contributed by atoms with Crippen molar-refractivity contribution in [2.45, 2.75) is 26.7 Å². The Bertz CT molecular complexity index is 781. The number of rotatable bonds is 4. The molecule has 0 saturated carbocycles. The van der Waals surface area contributed by atoms with Gasteiger partial charge in [0.25, 0.3) is 11.8 Å². The quantitative estimate of drug-likeness (QED) is 0.921. The number of hydrogen-bond acceptors (Lipinski definition) is 3. The maximum atomic E-state index is 12.5. The molecule has 5 nitrogen and oxygen atoms in total. The maximum absolute atomic E-state index is 12.5. The van der Waals surface area contributed by atoms with Gasteiger partial charge in [-0.25, -0.2) is 0 Å². The normalized spacial score (nSPS) is 14.9. The van der Waals surface area contributed by atoms with E-state index in [1.54, 1.807) is 24.5 Å². The average Bonchev–Trinajstić information content (AvgIpc) is 2.66. The van der Waals surface area contributed by atoms with Crippen molar-refractivity contribution in [3.8, 4) is 0 Å². The van der Waals surface area contributed by atoms with Crippen LogP contribution in [0.5, 0.6) is 0 Å². The highest BCUT2D eigenvalue weighted by Gasteiger charge is 2.24. The molecule has 5 heteroatoms. The van der Waals surface area contributed by atoms with Gasteiger partial charge in [0.1, 0.15) is 0 Å². The Hall–Kier alpha value is -2.69. The fourth-order valence-corrected chi connectivity index (χ4v) is 3.42. The van der Waals surface area contributed by atoms with Crippen LogP contribution in [0.25, 0.3) is 0 Å². The number of nitrogens with one attached hydrogen (secondary N) is 1. The summed E-state index contributed by atoms with van der Waals surface area (Å²) in [6, 6.07) is 9.37. The lowest BCUT2D eigenvalue weighted by molar-refractivity contribution is 0.0684. The summed E-state index contributed by atoms with van der Waals surface area (Å²) in [5, 5.41) is 3.05. The van der Waals surface area contributed by atoms with E-state index < -0.39 is 0 Å². The van der Waals surface area contributed by atoms with Gasteiger partial charge in [0.15, 0.2) is 0 Å². The summed E-state index contributed by atoms with van der Waals surface area (Å²) in [6.07, 6.45) is 5.10. The van der Waals surface area contributed by atoms with E-state index in [0.29, 0.717) is 18.0 Å². The average molecular weight is 351 g/mol. The van der Waals surface area contributed by atoms with Crippen LogP contribution in [0.4, 0.5) is 0 Å². The zero-order chi connectivity index (χ0) is 18.5. The molecule has 136 valence electrons. The molecule has 1 aliphatic heterocycles. The summed E-state index contributed by atoms with van der Waals surface area (Å²) in [6.45, 7) is 6.10. The molecule has 1 fully saturated rings. The number of benzene rings is 1. The predicted molar refractivity (Wildman–Crippen MR) is 101 cm³/mol. The second-order valence-electron chi connectivity index (χ2n) is 7.00. The van der Waals surface area contributed by atoms with Crippen molar-refractivity contribution in [1.82, 2.24) is 15.2 Å². The number of carbonyl (C=O) groups excluding carboxylic acids is 2. The predicted octanol–water partition coefficient (Wildman–Crippen LogP) is 2.98. The highest BCUT2D eigenvalue weighted by Crippen LogP contribution is 2.19. The molecule has 2 aromatic rings. The summed E-state index contributed by atoms with van der Waals surface area (Å²) in [4.78, 5) is 30.7. The van der Waals surface area contributed by atoms with E-state index in [0.717, 1.165) is 42.6 Å². The van der Waals surface area contributed by atoms with E-state index in [-0.39, 0.29) is 11.8 Å². The Morgan fingerprint density at radius 3 is 2.46 bits per heavy atom. The van der Waals surface area contributed by atoms with Crippen LogP contribution in [-0.2, 0) is 0 Å². The molecule has 1 N–H and O–H groups in total. The van der Waals surface area contributed by atoms with E-state index in [9.17, 15) is 9.59 Å². The number of aromatic nitrogens is 1. The molecule has 0 atom stereocenters. The fraction of sp³-hybridized carbons (Fsp3) is 0.381. The number of piperidine rings is 1. The first kappa shape index (κ1) is 18.1. The van der Waals surface area contributed by atoms with Crippen LogP contribution >= 0.6 is 0 Å². The minimum atomic E-state index is -0.0159. The van der Waals surface area contributed by atoms with Crippen molar-refractivity contribution in [1.29, 1.82) is 0 Å². The molecule has 0 aliphatic carbocycles. The summed E-state index contributed by atoms with van der Waals surface area (Å²) >= 11 is 0. The molecule has 1 aromatic heterocycles. The molecule has 26 heavy (non-hydrogen) atoms. The number of aryl methyl sites for hydroxylation is 2. The largest absolute Gasteiger partial charge is 0.352 e. The van der Waals surface area contributed by atoms with Gasteiger partial charge in [-0.1, -0.05) is 17.7 Å². The molecular weight excluding hydrogens is 326 g/mol. The maximum Gasteiger partial charge on any atom is 0.253 e. The molecule has 0 spiro atoms. The zero-order valence-corrected chi connectivity index (χ0v) is 15.4. The van der Waals surface area contributed by atoms with E-state index in [1.165, 1.54) is 0 Å². The molecule has 3 rings (SSSR count). The highest BCUT2D eigenvalue weighted by molar-refractivity contribution is 5.95. The Labute approximate surface area is 154 Å². The first-order chi connectivity index (χ1) is 12.5. The summed E-state index contributed by atoms with van der Waals surface area (Å²) in [5.74, 6) is 0.453. The third-order valence-corrected chi connectivity index (χ3v) is 5.01. The summed E-state index contributed by atoms with van der Waals surface area (Å²) in [5.41, 5.74) is 3.58. The second-order valence-corrected chi connectivity index (χ2v) is 7.00. The third kappa shape index (κ3) is 4.28. The van der Waals surface area contributed by atoms with Gasteiger partial charge in [0, 0.05) is 43.2 Å². The SMILES string of the molecule is Cc1ccc(C(=O)NCC2CCN(C(=O)c3ccncc3)CC2)c(C)c1. The Kier molecular flexibility index (Phi) is 5.66. The third-order valence-electron chi connectivity index (χ3n) is 5.01. The number of likely N-dealkylation sites (tertiary alicyclic amines) is 1. The number of amides is 2. The Morgan fingerprint density at radius 2 is 1.81 bits per heavy atom. The van der Waals surface area contributed by atoms with E-state index in [2.05, 4.69) is 10.3 Å². The molecule has 1 aromatic carbocycles. The lowest BCUT2D eigenvalue weighted by atomic mass is 9.96. The van der Waals surface area contributed by atoms with Crippen LogP contribution in [0, 0.1) is 19.8 Å². The fourth-order valence-electron chi connectivity index (χ4n) is 3.42. The number of pyridine rings is 1. The van der Waals surface area contributed by atoms with E-state index in [1.807, 2.05) is 36.9 Å². The van der Waals surface area contributed by atoms with E-state index >= 15 is 0 Å². The van der Waals surface area contributed by atoms with Crippen LogP contribution in [0.15, 0.2) is 42.7 Å². The Balaban J connectivity index is 1.48. The van der Waals surface area contributed by atoms with Gasteiger partial charge in [-0.3, -0.25) is 14.6 Å². The number of carbonyl (C=O) groups is 2. The van der Waals surface area contributed by atoms with E-state index in [4.69, 9.17) is 0 Å². The van der Waals surface area contributed by atoms with Crippen LogP contribution < -0.4 is 5.32 Å². The standard InChI is InChI=1S/C21H25N3O2/c1-15-3-4-19(16(2)13-15)20(25)23-14-17-7-11-24(12-8-17)21(26)18-5-9-22-10-6-18/h3-6,9-10,13,17H,7-8,11-12,14H2,1-2H3,(H,23,25). The number of nitrogens with zero attached hydrogens (tertiary/aromatic N) is 2. The molecule has 1 aliphatic rings. The molecule has 1 saturated heterocycles. The minimum Gasteiger partial charge on any atom is -0.352 e. The monoisotopic (exact) mass is 351 g/mol. The smallest absolute Gasteiger partial charge is 0.253 e. The van der Waals surface area contributed by atoms with Crippen LogP contribution in [0.2, 0.25) is 0 Å². The minimum absolute atomic E-state index is 0.0159. The zero-order valence-electron chi connectivity index (χ0n) is 15.4. The van der Waals surface area contributed by atoms with Crippen molar-refractivity contribution in [3.63, 3.8) is 0 Å². The second kappa shape index (κ2) is 8.13. The van der Waals surface area contributed by atoms with Gasteiger partial charge in [-0.15, -0.1) is 0 Å². The molecular formula is C21H25N3O2. The summed E-state index contributed by atoms with van der Waals surface area (Å²) < 4.78 is 0. The van der Waals surface area contributed by atoms with Gasteiger partial charge in [0.2, 0.25) is 0 Å². The summed E-state index contributed by atoms with van der Waals surface area (Å²) in [7, 11) is 0. The van der Waals surface area contributed by atoms with Crippen molar-refractivity contribution >= 4 is 11.8 Å². The van der Waals surface area contributed by atoms with Crippen LogP contribution in [0.1, 0.15) is 44.7 Å². The number of hydrogen-bond donors (Lipinski definition) is 1. The molecule has 2 heterocycles. The first-order valence-electron chi connectivity index (χ1n) is 9.09.